The molecule has 2 unspecified atom stereocenters. The molecule has 0 bridgehead atoms. The van der Waals surface area contributed by atoms with Gasteiger partial charge in [-0.25, -0.2) is 0 Å². The molecule has 0 aromatic heterocycles. The van der Waals surface area contributed by atoms with Gasteiger partial charge in [0, 0.05) is 17.0 Å². The quantitative estimate of drug-likeness (QED) is 0.377. The van der Waals surface area contributed by atoms with Crippen LogP contribution in [0.25, 0.3) is 0 Å². The second-order valence-electron chi connectivity index (χ2n) is 6.56. The Kier molecular flexibility index (Phi) is 6.75. The van der Waals surface area contributed by atoms with Gasteiger partial charge in [-0.15, -0.1) is 11.8 Å². The van der Waals surface area contributed by atoms with Crippen molar-refractivity contribution in [2.45, 2.75) is 29.6 Å². The van der Waals surface area contributed by atoms with Gasteiger partial charge < -0.3 is 20.1 Å². The third-order valence-corrected chi connectivity index (χ3v) is 5.66. The van der Waals surface area contributed by atoms with Gasteiger partial charge in [-0.3, -0.25) is 24.5 Å². The zero-order valence-corrected chi connectivity index (χ0v) is 17.4. The summed E-state index contributed by atoms with van der Waals surface area (Å²) in [6, 6.07) is 11.0. The Hall–Kier alpha value is -3.60. The number of carbonyl (C=O) groups excluding carboxylic acids is 3. The summed E-state index contributed by atoms with van der Waals surface area (Å²) >= 11 is 1.25. The van der Waals surface area contributed by atoms with Crippen LogP contribution >= 0.6 is 11.8 Å². The molecular weight excluding hydrogens is 426 g/mol. The summed E-state index contributed by atoms with van der Waals surface area (Å²) in [4.78, 5) is 48.1. The lowest BCUT2D eigenvalue weighted by Crippen LogP contribution is -2.34. The minimum atomic E-state index is -1.19. The highest BCUT2D eigenvalue weighted by Crippen LogP contribution is 2.36. The molecule has 0 saturated heterocycles. The molecule has 31 heavy (non-hydrogen) atoms. The molecule has 0 spiro atoms. The Balaban J connectivity index is 1.60. The van der Waals surface area contributed by atoms with Gasteiger partial charge in [-0.1, -0.05) is 12.1 Å². The Morgan fingerprint density at radius 2 is 2.03 bits per heavy atom. The molecule has 2 aromatic carbocycles. The molecular formula is C20H19N3O7S. The van der Waals surface area contributed by atoms with E-state index in [4.69, 9.17) is 9.47 Å². The summed E-state index contributed by atoms with van der Waals surface area (Å²) < 4.78 is 10.2. The number of esters is 1. The molecule has 2 amide bonds. The second-order valence-corrected chi connectivity index (χ2v) is 7.80. The van der Waals surface area contributed by atoms with Crippen molar-refractivity contribution in [3.05, 3.63) is 52.6 Å². The molecule has 0 aliphatic carbocycles. The number of hydrogen-bond acceptors (Lipinski definition) is 8. The van der Waals surface area contributed by atoms with Crippen LogP contribution in [-0.2, 0) is 19.1 Å². The monoisotopic (exact) mass is 445 g/mol. The van der Waals surface area contributed by atoms with Crippen molar-refractivity contribution in [3.63, 3.8) is 0 Å². The summed E-state index contributed by atoms with van der Waals surface area (Å²) in [5.74, 6) is -1.52. The van der Waals surface area contributed by atoms with Gasteiger partial charge in [-0.05, 0) is 25.1 Å². The topological polar surface area (TPSA) is 137 Å². The molecule has 1 aliphatic heterocycles. The molecule has 0 radical (unpaired) electrons. The van der Waals surface area contributed by atoms with Gasteiger partial charge >= 0.3 is 5.97 Å². The van der Waals surface area contributed by atoms with Crippen molar-refractivity contribution < 1.29 is 28.8 Å². The minimum Gasteiger partial charge on any atom is -0.495 e. The number of nitro groups is 1. The standard InChI is InChI=1S/C20H19N3O7S/c1-11(19(25)22-14-9-12(23(27)28)7-8-15(14)29-2)30-18(24)10-17-20(26)21-13-5-3-4-6-16(13)31-17/h3-9,11,17H,10H2,1-2H3,(H,21,26)(H,22,25). The van der Waals surface area contributed by atoms with Crippen LogP contribution in [0.4, 0.5) is 17.1 Å². The van der Waals surface area contributed by atoms with Crippen LogP contribution in [0.15, 0.2) is 47.4 Å². The van der Waals surface area contributed by atoms with Crippen LogP contribution in [0.2, 0.25) is 0 Å². The number of hydrogen-bond donors (Lipinski definition) is 2. The van der Waals surface area contributed by atoms with E-state index in [1.165, 1.54) is 37.9 Å². The van der Waals surface area contributed by atoms with E-state index in [0.717, 1.165) is 11.0 Å². The summed E-state index contributed by atoms with van der Waals surface area (Å²) in [6.07, 6.45) is -1.41. The van der Waals surface area contributed by atoms with Crippen LogP contribution in [0.1, 0.15) is 13.3 Å². The molecule has 0 saturated carbocycles. The number of non-ortho nitro benzene ring substituents is 1. The number of methoxy groups -OCH3 is 1. The Morgan fingerprint density at radius 3 is 2.74 bits per heavy atom. The van der Waals surface area contributed by atoms with Gasteiger partial charge in [0.25, 0.3) is 11.6 Å². The molecule has 1 aliphatic rings. The number of rotatable bonds is 7. The highest BCUT2D eigenvalue weighted by atomic mass is 32.2. The van der Waals surface area contributed by atoms with Crippen molar-refractivity contribution >= 4 is 46.6 Å². The smallest absolute Gasteiger partial charge is 0.308 e. The predicted octanol–water partition coefficient (Wildman–Crippen LogP) is 2.98. The number of thioether (sulfide) groups is 1. The van der Waals surface area contributed by atoms with Gasteiger partial charge in [0.1, 0.15) is 5.75 Å². The van der Waals surface area contributed by atoms with E-state index >= 15 is 0 Å². The Morgan fingerprint density at radius 1 is 1.29 bits per heavy atom. The number of amides is 2. The van der Waals surface area contributed by atoms with Crippen molar-refractivity contribution in [2.75, 3.05) is 17.7 Å². The zero-order chi connectivity index (χ0) is 22.5. The minimum absolute atomic E-state index is 0.0726. The van der Waals surface area contributed by atoms with Crippen LogP contribution in [0.5, 0.6) is 5.75 Å². The van der Waals surface area contributed by atoms with E-state index in [0.29, 0.717) is 5.69 Å². The zero-order valence-electron chi connectivity index (χ0n) is 16.6. The lowest BCUT2D eigenvalue weighted by molar-refractivity contribution is -0.384. The van der Waals surface area contributed by atoms with Crippen LogP contribution in [0, 0.1) is 10.1 Å². The van der Waals surface area contributed by atoms with Crippen LogP contribution in [-0.4, -0.2) is 41.2 Å². The molecule has 3 rings (SSSR count). The normalized spacial score (nSPS) is 15.8. The average molecular weight is 445 g/mol. The number of fused-ring (bicyclic) bond motifs is 1. The first-order valence-electron chi connectivity index (χ1n) is 9.18. The molecule has 2 aromatic rings. The van der Waals surface area contributed by atoms with Gasteiger partial charge in [0.05, 0.1) is 35.1 Å². The first-order valence-corrected chi connectivity index (χ1v) is 10.1. The second kappa shape index (κ2) is 9.47. The fourth-order valence-electron chi connectivity index (χ4n) is 2.82. The van der Waals surface area contributed by atoms with Gasteiger partial charge in [0.15, 0.2) is 6.10 Å². The number of ether oxygens (including phenoxy) is 2. The fraction of sp³-hybridized carbons (Fsp3) is 0.250. The molecule has 11 heteroatoms. The van der Waals surface area contributed by atoms with E-state index in [9.17, 15) is 24.5 Å². The number of nitrogens with one attached hydrogen (secondary N) is 2. The number of para-hydroxylation sites is 1. The Bertz CT molecular complexity index is 1040. The van der Waals surface area contributed by atoms with E-state index < -0.39 is 28.2 Å². The highest BCUT2D eigenvalue weighted by molar-refractivity contribution is 8.01. The summed E-state index contributed by atoms with van der Waals surface area (Å²) in [7, 11) is 1.35. The molecule has 10 nitrogen and oxygen atoms in total. The van der Waals surface area contributed by atoms with E-state index in [2.05, 4.69) is 10.6 Å². The maximum atomic E-state index is 12.4. The third-order valence-electron chi connectivity index (χ3n) is 4.39. The van der Waals surface area contributed by atoms with Gasteiger partial charge in [0.2, 0.25) is 5.91 Å². The largest absolute Gasteiger partial charge is 0.495 e. The lowest BCUT2D eigenvalue weighted by atomic mass is 10.2. The van der Waals surface area contributed by atoms with Crippen molar-refractivity contribution in [1.29, 1.82) is 0 Å². The molecule has 0 fully saturated rings. The number of anilines is 2. The molecule has 2 N–H and O–H groups in total. The maximum Gasteiger partial charge on any atom is 0.308 e. The third kappa shape index (κ3) is 5.31. The van der Waals surface area contributed by atoms with Crippen molar-refractivity contribution in [1.82, 2.24) is 0 Å². The molecule has 162 valence electrons. The Labute approximate surface area is 181 Å². The summed E-state index contributed by atoms with van der Waals surface area (Å²) in [6.45, 7) is 1.36. The number of carbonyl (C=O) groups is 3. The summed E-state index contributed by atoms with van der Waals surface area (Å²) in [5.41, 5.74) is 0.519. The maximum absolute atomic E-state index is 12.4. The molecule has 1 heterocycles. The first-order chi connectivity index (χ1) is 14.8. The van der Waals surface area contributed by atoms with Gasteiger partial charge in [-0.2, -0.15) is 0 Å². The number of nitrogens with zero attached hydrogens (tertiary/aromatic N) is 1. The fourth-order valence-corrected chi connectivity index (χ4v) is 3.91. The van der Waals surface area contributed by atoms with E-state index in [1.807, 2.05) is 12.1 Å². The van der Waals surface area contributed by atoms with Crippen LogP contribution < -0.4 is 15.4 Å². The number of benzene rings is 2. The summed E-state index contributed by atoms with van der Waals surface area (Å²) in [5, 5.41) is 15.5. The average Bonchev–Trinajstić information content (AvgIpc) is 2.74. The molecule has 2 atom stereocenters. The predicted molar refractivity (Wildman–Crippen MR) is 113 cm³/mol. The van der Waals surface area contributed by atoms with Crippen LogP contribution in [0.3, 0.4) is 0 Å². The van der Waals surface area contributed by atoms with Crippen molar-refractivity contribution in [2.24, 2.45) is 0 Å². The van der Waals surface area contributed by atoms with Crippen molar-refractivity contribution in [3.8, 4) is 5.75 Å². The lowest BCUT2D eigenvalue weighted by Gasteiger charge is -2.23. The number of nitro benzene ring substituents is 1. The first kappa shape index (κ1) is 22.1. The SMILES string of the molecule is COc1ccc([N+](=O)[O-])cc1NC(=O)C(C)OC(=O)CC1Sc2ccccc2NC1=O. The van der Waals surface area contributed by atoms with E-state index in [-0.39, 0.29) is 29.5 Å². The van der Waals surface area contributed by atoms with E-state index in [1.54, 1.807) is 12.1 Å². The highest BCUT2D eigenvalue weighted by Gasteiger charge is 2.30.